The van der Waals surface area contributed by atoms with Gasteiger partial charge < -0.3 is 9.64 Å². The van der Waals surface area contributed by atoms with Crippen molar-refractivity contribution in [3.05, 3.63) is 41.2 Å². The summed E-state index contributed by atoms with van der Waals surface area (Å²) in [5.41, 5.74) is 2.91. The standard InChI is InChI=1S/C20H31N5O3S/c1-16-20(17(2)24(4)21-16)22-29(26,27)19-7-5-18(6-8-19)15-28-14-13-25-11-9-23(3)10-12-25/h5-8,22H,9-15H2,1-4H3. The number of benzene rings is 1. The van der Waals surface area contributed by atoms with Crippen molar-refractivity contribution in [1.29, 1.82) is 0 Å². The second-order valence-corrected chi connectivity index (χ2v) is 9.30. The molecule has 0 bridgehead atoms. The molecule has 1 aliphatic heterocycles. The summed E-state index contributed by atoms with van der Waals surface area (Å²) in [4.78, 5) is 4.96. The van der Waals surface area contributed by atoms with Crippen LogP contribution in [0.5, 0.6) is 0 Å². The number of hydrogen-bond donors (Lipinski definition) is 1. The molecule has 2 aromatic rings. The largest absolute Gasteiger partial charge is 0.375 e. The molecule has 0 atom stereocenters. The van der Waals surface area contributed by atoms with Gasteiger partial charge in [-0.2, -0.15) is 5.10 Å². The highest BCUT2D eigenvalue weighted by atomic mass is 32.2. The van der Waals surface area contributed by atoms with Gasteiger partial charge in [0, 0.05) is 39.8 Å². The molecule has 29 heavy (non-hydrogen) atoms. The minimum absolute atomic E-state index is 0.223. The number of aromatic nitrogens is 2. The molecular formula is C20H31N5O3S. The summed E-state index contributed by atoms with van der Waals surface area (Å²) in [7, 11) is 0.275. The van der Waals surface area contributed by atoms with E-state index in [-0.39, 0.29) is 4.90 Å². The Bertz CT molecular complexity index is 916. The van der Waals surface area contributed by atoms with Crippen LogP contribution < -0.4 is 4.72 Å². The van der Waals surface area contributed by atoms with E-state index in [0.717, 1.165) is 44.0 Å². The number of anilines is 1. The van der Waals surface area contributed by atoms with Crippen LogP contribution in [-0.4, -0.2) is 74.4 Å². The van der Waals surface area contributed by atoms with Gasteiger partial charge in [0.05, 0.1) is 35.2 Å². The molecule has 0 saturated carbocycles. The van der Waals surface area contributed by atoms with Crippen LogP contribution in [0.25, 0.3) is 0 Å². The van der Waals surface area contributed by atoms with Gasteiger partial charge in [-0.15, -0.1) is 0 Å². The molecule has 160 valence electrons. The van der Waals surface area contributed by atoms with Gasteiger partial charge in [0.15, 0.2) is 0 Å². The number of sulfonamides is 1. The average molecular weight is 422 g/mol. The van der Waals surface area contributed by atoms with Gasteiger partial charge in [-0.1, -0.05) is 12.1 Å². The summed E-state index contributed by atoms with van der Waals surface area (Å²) >= 11 is 0. The van der Waals surface area contributed by atoms with Gasteiger partial charge in [-0.3, -0.25) is 14.3 Å². The highest BCUT2D eigenvalue weighted by molar-refractivity contribution is 7.92. The van der Waals surface area contributed by atoms with E-state index in [2.05, 4.69) is 26.7 Å². The molecule has 3 rings (SSSR count). The van der Waals surface area contributed by atoms with Crippen molar-refractivity contribution in [2.75, 3.05) is 51.1 Å². The highest BCUT2D eigenvalue weighted by Gasteiger charge is 2.19. The molecule has 9 heteroatoms. The van der Waals surface area contributed by atoms with E-state index >= 15 is 0 Å². The van der Waals surface area contributed by atoms with E-state index in [1.165, 1.54) is 0 Å². The Balaban J connectivity index is 1.51. The fraction of sp³-hybridized carbons (Fsp3) is 0.550. The quantitative estimate of drug-likeness (QED) is 0.653. The predicted molar refractivity (Wildman–Crippen MR) is 114 cm³/mol. The van der Waals surface area contributed by atoms with Crippen LogP contribution in [0.4, 0.5) is 5.69 Å². The molecule has 1 N–H and O–H groups in total. The molecule has 1 aliphatic rings. The summed E-state index contributed by atoms with van der Waals surface area (Å²) in [6, 6.07) is 6.83. The summed E-state index contributed by atoms with van der Waals surface area (Å²) in [6.07, 6.45) is 0. The Kier molecular flexibility index (Phi) is 6.94. The molecule has 1 saturated heterocycles. The Hall–Kier alpha value is -1.94. The summed E-state index contributed by atoms with van der Waals surface area (Å²) in [5.74, 6) is 0. The number of hydrogen-bond acceptors (Lipinski definition) is 6. The molecule has 0 unspecified atom stereocenters. The van der Waals surface area contributed by atoms with Crippen molar-refractivity contribution in [3.8, 4) is 0 Å². The molecule has 2 heterocycles. The summed E-state index contributed by atoms with van der Waals surface area (Å²) < 4.78 is 35.5. The number of nitrogens with one attached hydrogen (secondary N) is 1. The first kappa shape index (κ1) is 21.8. The lowest BCUT2D eigenvalue weighted by Crippen LogP contribution is -2.45. The lowest BCUT2D eigenvalue weighted by atomic mass is 10.2. The zero-order chi connectivity index (χ0) is 21.0. The zero-order valence-corrected chi connectivity index (χ0v) is 18.5. The molecule has 0 radical (unpaired) electrons. The molecule has 0 aliphatic carbocycles. The van der Waals surface area contributed by atoms with Gasteiger partial charge in [0.2, 0.25) is 0 Å². The minimum atomic E-state index is -3.66. The molecule has 8 nitrogen and oxygen atoms in total. The summed E-state index contributed by atoms with van der Waals surface area (Å²) in [6.45, 7) is 10.0. The predicted octanol–water partition coefficient (Wildman–Crippen LogP) is 1.60. The highest BCUT2D eigenvalue weighted by Crippen LogP contribution is 2.23. The average Bonchev–Trinajstić information content (AvgIpc) is 2.93. The Morgan fingerprint density at radius 1 is 1.07 bits per heavy atom. The Morgan fingerprint density at radius 2 is 1.72 bits per heavy atom. The third kappa shape index (κ3) is 5.57. The van der Waals surface area contributed by atoms with Crippen molar-refractivity contribution in [2.45, 2.75) is 25.3 Å². The first-order valence-corrected chi connectivity index (χ1v) is 11.3. The third-order valence-electron chi connectivity index (χ3n) is 5.40. The lowest BCUT2D eigenvalue weighted by Gasteiger charge is -2.32. The van der Waals surface area contributed by atoms with E-state index in [1.807, 2.05) is 6.92 Å². The zero-order valence-electron chi connectivity index (χ0n) is 17.7. The monoisotopic (exact) mass is 421 g/mol. The second kappa shape index (κ2) is 9.25. The van der Waals surface area contributed by atoms with Crippen LogP contribution >= 0.6 is 0 Å². The van der Waals surface area contributed by atoms with Crippen molar-refractivity contribution in [1.82, 2.24) is 19.6 Å². The van der Waals surface area contributed by atoms with E-state index in [1.54, 1.807) is 42.9 Å². The number of nitrogens with zero attached hydrogens (tertiary/aromatic N) is 4. The normalized spacial score (nSPS) is 16.3. The molecule has 1 aromatic heterocycles. The van der Waals surface area contributed by atoms with Crippen molar-refractivity contribution >= 4 is 15.7 Å². The van der Waals surface area contributed by atoms with Gasteiger partial charge in [0.1, 0.15) is 0 Å². The van der Waals surface area contributed by atoms with Crippen LogP contribution in [0, 0.1) is 13.8 Å². The fourth-order valence-corrected chi connectivity index (χ4v) is 4.51. The first-order chi connectivity index (χ1) is 13.8. The molecular weight excluding hydrogens is 390 g/mol. The topological polar surface area (TPSA) is 79.7 Å². The molecule has 1 aromatic carbocycles. The van der Waals surface area contributed by atoms with E-state index in [9.17, 15) is 8.42 Å². The van der Waals surface area contributed by atoms with Crippen LogP contribution in [-0.2, 0) is 28.4 Å². The molecule has 0 spiro atoms. The van der Waals surface area contributed by atoms with Gasteiger partial charge in [0.25, 0.3) is 10.0 Å². The number of rotatable bonds is 8. The third-order valence-corrected chi connectivity index (χ3v) is 6.76. The number of piperazine rings is 1. The van der Waals surface area contributed by atoms with E-state index in [4.69, 9.17) is 4.74 Å². The van der Waals surface area contributed by atoms with E-state index < -0.39 is 10.0 Å². The van der Waals surface area contributed by atoms with Crippen molar-refractivity contribution < 1.29 is 13.2 Å². The maximum absolute atomic E-state index is 12.7. The second-order valence-electron chi connectivity index (χ2n) is 7.62. The fourth-order valence-electron chi connectivity index (χ4n) is 3.33. The van der Waals surface area contributed by atoms with Crippen LogP contribution in [0.1, 0.15) is 17.0 Å². The Morgan fingerprint density at radius 3 is 2.31 bits per heavy atom. The van der Waals surface area contributed by atoms with Crippen molar-refractivity contribution in [2.24, 2.45) is 7.05 Å². The lowest BCUT2D eigenvalue weighted by molar-refractivity contribution is 0.0738. The SMILES string of the molecule is Cc1nn(C)c(C)c1NS(=O)(=O)c1ccc(COCCN2CCN(C)CC2)cc1. The van der Waals surface area contributed by atoms with Gasteiger partial charge in [-0.05, 0) is 38.6 Å². The van der Waals surface area contributed by atoms with Gasteiger partial charge in [-0.25, -0.2) is 8.42 Å². The van der Waals surface area contributed by atoms with Crippen LogP contribution in [0.15, 0.2) is 29.2 Å². The van der Waals surface area contributed by atoms with Crippen LogP contribution in [0.3, 0.4) is 0 Å². The first-order valence-electron chi connectivity index (χ1n) is 9.87. The maximum Gasteiger partial charge on any atom is 0.262 e. The minimum Gasteiger partial charge on any atom is -0.375 e. The van der Waals surface area contributed by atoms with Crippen LogP contribution in [0.2, 0.25) is 0 Å². The van der Waals surface area contributed by atoms with Gasteiger partial charge >= 0.3 is 0 Å². The Labute approximate surface area is 173 Å². The number of ether oxygens (including phenoxy) is 1. The molecule has 1 fully saturated rings. The number of aryl methyl sites for hydroxylation is 2. The summed E-state index contributed by atoms with van der Waals surface area (Å²) in [5, 5.41) is 4.25. The number of likely N-dealkylation sites (N-methyl/N-ethyl adjacent to an activating group) is 1. The van der Waals surface area contributed by atoms with Crippen molar-refractivity contribution in [3.63, 3.8) is 0 Å². The maximum atomic E-state index is 12.7. The smallest absolute Gasteiger partial charge is 0.262 e. The van der Waals surface area contributed by atoms with E-state index in [0.29, 0.717) is 24.6 Å². The molecule has 0 amide bonds.